The summed E-state index contributed by atoms with van der Waals surface area (Å²) >= 11 is 0. The highest BCUT2D eigenvalue weighted by atomic mass is 16.5. The third-order valence-electron chi connectivity index (χ3n) is 3.05. The first-order valence-corrected chi connectivity index (χ1v) is 4.85. The van der Waals surface area contributed by atoms with Crippen molar-refractivity contribution in [1.29, 1.82) is 0 Å². The molecular weight excluding hydrogens is 152 g/mol. The van der Waals surface area contributed by atoms with Crippen molar-refractivity contribution in [1.82, 2.24) is 4.90 Å². The third kappa shape index (κ3) is 1.79. The van der Waals surface area contributed by atoms with E-state index < -0.39 is 0 Å². The van der Waals surface area contributed by atoms with Gasteiger partial charge < -0.3 is 10.5 Å². The first kappa shape index (κ1) is 8.48. The van der Waals surface area contributed by atoms with E-state index in [2.05, 4.69) is 4.90 Å². The van der Waals surface area contributed by atoms with E-state index in [1.165, 1.54) is 19.4 Å². The smallest absolute Gasteiger partial charge is 0.0594 e. The maximum atomic E-state index is 5.73. The number of nitrogens with two attached hydrogens (primary N) is 1. The average molecular weight is 170 g/mol. The molecule has 70 valence electrons. The van der Waals surface area contributed by atoms with Gasteiger partial charge in [0.1, 0.15) is 0 Å². The Balaban J connectivity index is 1.77. The van der Waals surface area contributed by atoms with Crippen molar-refractivity contribution in [2.75, 3.05) is 39.4 Å². The first-order chi connectivity index (χ1) is 5.85. The van der Waals surface area contributed by atoms with E-state index in [1.807, 2.05) is 0 Å². The zero-order valence-electron chi connectivity index (χ0n) is 7.59. The maximum absolute atomic E-state index is 5.73. The summed E-state index contributed by atoms with van der Waals surface area (Å²) < 4.78 is 5.30. The highest BCUT2D eigenvalue weighted by Gasteiger charge is 2.42. The molecule has 0 bridgehead atoms. The zero-order chi connectivity index (χ0) is 8.44. The van der Waals surface area contributed by atoms with E-state index in [1.54, 1.807) is 0 Å². The van der Waals surface area contributed by atoms with Crippen LogP contribution in [-0.2, 0) is 4.74 Å². The van der Waals surface area contributed by atoms with Gasteiger partial charge in [0.15, 0.2) is 0 Å². The van der Waals surface area contributed by atoms with Gasteiger partial charge in [0.05, 0.1) is 13.2 Å². The van der Waals surface area contributed by atoms with Gasteiger partial charge in [-0.3, -0.25) is 4.90 Å². The molecule has 0 radical (unpaired) electrons. The molecule has 0 unspecified atom stereocenters. The Labute approximate surface area is 73.9 Å². The summed E-state index contributed by atoms with van der Waals surface area (Å²) in [6.07, 6.45) is 2.67. The van der Waals surface area contributed by atoms with E-state index >= 15 is 0 Å². The van der Waals surface area contributed by atoms with Gasteiger partial charge in [0.25, 0.3) is 0 Å². The molecule has 2 aliphatic rings. The second kappa shape index (κ2) is 3.32. The number of morpholine rings is 1. The fourth-order valence-corrected chi connectivity index (χ4v) is 1.84. The molecule has 0 spiro atoms. The molecule has 2 fully saturated rings. The SMILES string of the molecule is NCC1(CN2CCOCC2)CC1. The van der Waals surface area contributed by atoms with Gasteiger partial charge in [-0.25, -0.2) is 0 Å². The summed E-state index contributed by atoms with van der Waals surface area (Å²) in [5.74, 6) is 0. The summed E-state index contributed by atoms with van der Waals surface area (Å²) in [6, 6.07) is 0. The summed E-state index contributed by atoms with van der Waals surface area (Å²) in [7, 11) is 0. The summed E-state index contributed by atoms with van der Waals surface area (Å²) in [5, 5.41) is 0. The highest BCUT2D eigenvalue weighted by molar-refractivity contribution is 4.96. The van der Waals surface area contributed by atoms with E-state index in [4.69, 9.17) is 10.5 Å². The molecule has 0 atom stereocenters. The Morgan fingerprint density at radius 1 is 1.25 bits per heavy atom. The Hall–Kier alpha value is -0.120. The maximum Gasteiger partial charge on any atom is 0.0594 e. The molecular formula is C9H18N2O. The van der Waals surface area contributed by atoms with Crippen LogP contribution in [0, 0.1) is 5.41 Å². The summed E-state index contributed by atoms with van der Waals surface area (Å²) in [4.78, 5) is 2.49. The van der Waals surface area contributed by atoms with Crippen molar-refractivity contribution < 1.29 is 4.74 Å². The fourth-order valence-electron chi connectivity index (χ4n) is 1.84. The van der Waals surface area contributed by atoms with Crippen molar-refractivity contribution in [2.45, 2.75) is 12.8 Å². The van der Waals surface area contributed by atoms with Crippen LogP contribution < -0.4 is 5.73 Å². The van der Waals surface area contributed by atoms with Gasteiger partial charge in [-0.1, -0.05) is 0 Å². The van der Waals surface area contributed by atoms with Crippen molar-refractivity contribution in [3.63, 3.8) is 0 Å². The first-order valence-electron chi connectivity index (χ1n) is 4.85. The van der Waals surface area contributed by atoms with Crippen molar-refractivity contribution in [3.05, 3.63) is 0 Å². The van der Waals surface area contributed by atoms with Crippen LogP contribution in [0.2, 0.25) is 0 Å². The number of rotatable bonds is 3. The normalized spacial score (nSPS) is 28.8. The Kier molecular flexibility index (Phi) is 2.35. The van der Waals surface area contributed by atoms with Crippen LogP contribution in [0.25, 0.3) is 0 Å². The molecule has 2 N–H and O–H groups in total. The average Bonchev–Trinajstić information content (AvgIpc) is 2.88. The van der Waals surface area contributed by atoms with Crippen LogP contribution >= 0.6 is 0 Å². The molecule has 2 rings (SSSR count). The molecule has 1 saturated heterocycles. The molecule has 1 aliphatic heterocycles. The lowest BCUT2D eigenvalue weighted by molar-refractivity contribution is 0.0291. The van der Waals surface area contributed by atoms with Gasteiger partial charge in [-0.2, -0.15) is 0 Å². The lowest BCUT2D eigenvalue weighted by Crippen LogP contribution is -2.41. The molecule has 0 aromatic heterocycles. The Bertz CT molecular complexity index is 151. The van der Waals surface area contributed by atoms with E-state index in [-0.39, 0.29) is 0 Å². The second-order valence-corrected chi connectivity index (χ2v) is 4.09. The third-order valence-corrected chi connectivity index (χ3v) is 3.05. The van der Waals surface area contributed by atoms with Crippen LogP contribution in [0.5, 0.6) is 0 Å². The van der Waals surface area contributed by atoms with E-state index in [0.29, 0.717) is 5.41 Å². The van der Waals surface area contributed by atoms with Gasteiger partial charge in [0, 0.05) is 19.6 Å². The minimum atomic E-state index is 0.497. The van der Waals surface area contributed by atoms with Gasteiger partial charge in [-0.15, -0.1) is 0 Å². The quantitative estimate of drug-likeness (QED) is 0.651. The molecule has 0 aromatic rings. The molecule has 3 heteroatoms. The predicted molar refractivity (Wildman–Crippen MR) is 48.0 cm³/mol. The van der Waals surface area contributed by atoms with Crippen molar-refractivity contribution >= 4 is 0 Å². The van der Waals surface area contributed by atoms with Gasteiger partial charge >= 0.3 is 0 Å². The molecule has 1 heterocycles. The highest BCUT2D eigenvalue weighted by Crippen LogP contribution is 2.45. The molecule has 3 nitrogen and oxygen atoms in total. The second-order valence-electron chi connectivity index (χ2n) is 4.09. The number of nitrogens with zero attached hydrogens (tertiary/aromatic N) is 1. The summed E-state index contributed by atoms with van der Waals surface area (Å²) in [6.45, 7) is 6.07. The minimum absolute atomic E-state index is 0.497. The van der Waals surface area contributed by atoms with Crippen molar-refractivity contribution in [2.24, 2.45) is 11.1 Å². The molecule has 1 aliphatic carbocycles. The van der Waals surface area contributed by atoms with Gasteiger partial charge in [-0.05, 0) is 24.8 Å². The lowest BCUT2D eigenvalue weighted by atomic mass is 10.1. The number of ether oxygens (including phenoxy) is 1. The standard InChI is InChI=1S/C9H18N2O/c10-7-9(1-2-9)8-11-3-5-12-6-4-11/h1-8,10H2. The summed E-state index contributed by atoms with van der Waals surface area (Å²) in [5.41, 5.74) is 6.23. The molecule has 12 heavy (non-hydrogen) atoms. The largest absolute Gasteiger partial charge is 0.379 e. The fraction of sp³-hybridized carbons (Fsp3) is 1.00. The van der Waals surface area contributed by atoms with Crippen LogP contribution in [0.4, 0.5) is 0 Å². The Morgan fingerprint density at radius 2 is 1.92 bits per heavy atom. The molecule has 0 amide bonds. The van der Waals surface area contributed by atoms with Crippen molar-refractivity contribution in [3.8, 4) is 0 Å². The number of hydrogen-bond donors (Lipinski definition) is 1. The zero-order valence-corrected chi connectivity index (χ0v) is 7.59. The van der Waals surface area contributed by atoms with Crippen LogP contribution in [0.1, 0.15) is 12.8 Å². The van der Waals surface area contributed by atoms with Crippen LogP contribution in [-0.4, -0.2) is 44.3 Å². The van der Waals surface area contributed by atoms with Crippen LogP contribution in [0.3, 0.4) is 0 Å². The number of hydrogen-bond acceptors (Lipinski definition) is 3. The Morgan fingerprint density at radius 3 is 2.42 bits per heavy atom. The van der Waals surface area contributed by atoms with E-state index in [9.17, 15) is 0 Å². The monoisotopic (exact) mass is 170 g/mol. The lowest BCUT2D eigenvalue weighted by Gasteiger charge is -2.29. The molecule has 0 aromatic carbocycles. The minimum Gasteiger partial charge on any atom is -0.379 e. The van der Waals surface area contributed by atoms with Crippen LogP contribution in [0.15, 0.2) is 0 Å². The molecule has 1 saturated carbocycles. The topological polar surface area (TPSA) is 38.5 Å². The van der Waals surface area contributed by atoms with E-state index in [0.717, 1.165) is 32.8 Å². The van der Waals surface area contributed by atoms with Gasteiger partial charge in [0.2, 0.25) is 0 Å². The predicted octanol–water partition coefficient (Wildman–Crippen LogP) is 0.0575.